The number of nitrogens with one attached hydrogen (secondary N) is 3. The number of nitrogen functional groups attached to an aromatic ring is 1. The molecular weight excluding hydrogens is 506 g/mol. The molecule has 0 fully saturated rings. The number of aromatic nitrogens is 2. The Bertz CT molecular complexity index is 1340. The molecule has 11 nitrogen and oxygen atoms in total. The van der Waals surface area contributed by atoms with Gasteiger partial charge in [0, 0.05) is 43.9 Å². The average molecular weight is 538 g/mol. The van der Waals surface area contributed by atoms with E-state index in [1.807, 2.05) is 0 Å². The molecule has 38 heavy (non-hydrogen) atoms. The van der Waals surface area contributed by atoms with Gasteiger partial charge in [0.15, 0.2) is 0 Å². The van der Waals surface area contributed by atoms with Gasteiger partial charge in [-0.25, -0.2) is 13.1 Å². The number of likely N-dealkylation sites (N-methyl/N-ethyl adjacent to an activating group) is 1. The molecular formula is C26H31N7O4S. The van der Waals surface area contributed by atoms with Crippen LogP contribution in [-0.4, -0.2) is 60.6 Å². The van der Waals surface area contributed by atoms with Crippen molar-refractivity contribution in [3.63, 3.8) is 0 Å². The first-order chi connectivity index (χ1) is 18.1. The molecule has 0 radical (unpaired) electrons. The van der Waals surface area contributed by atoms with E-state index in [-0.39, 0.29) is 31.1 Å². The highest BCUT2D eigenvalue weighted by Crippen LogP contribution is 2.11. The number of nitrogens with two attached hydrogens (primary N) is 1. The minimum Gasteiger partial charge on any atom is -0.384 e. The van der Waals surface area contributed by atoms with E-state index in [9.17, 15) is 18.0 Å². The second-order valence-electron chi connectivity index (χ2n) is 8.76. The minimum absolute atomic E-state index is 0.0457. The van der Waals surface area contributed by atoms with E-state index >= 15 is 0 Å². The standard InChI is InChI=1S/C26H31N7O4S/c1-33(17-24(34)31-16-20-2-5-22(6-3-20)25(27)28)26(35)23(7-4-19-8-12-29-13-9-19)32-38(36,37)18-21-10-14-30-15-11-21/h2-3,5-6,8-15,23,32H,4,7,16-18H2,1H3,(H3,27,28)(H,31,34). The SMILES string of the molecule is CN(CC(=O)NCc1ccc(C(=N)N)cc1)C(=O)C(CCc1ccncc1)NS(=O)(=O)Cc1ccncc1. The van der Waals surface area contributed by atoms with Gasteiger partial charge in [-0.15, -0.1) is 0 Å². The molecule has 2 amide bonds. The van der Waals surface area contributed by atoms with Crippen LogP contribution in [0.15, 0.2) is 73.3 Å². The molecule has 0 saturated heterocycles. The third-order valence-electron chi connectivity index (χ3n) is 5.71. The Labute approximate surface area is 222 Å². The monoisotopic (exact) mass is 537 g/mol. The minimum atomic E-state index is -3.86. The zero-order valence-corrected chi connectivity index (χ0v) is 21.8. The zero-order valence-electron chi connectivity index (χ0n) is 21.0. The number of aryl methyl sites for hydroxylation is 1. The Morgan fingerprint density at radius 3 is 2.11 bits per heavy atom. The molecule has 0 aliphatic heterocycles. The lowest BCUT2D eigenvalue weighted by atomic mass is 10.1. The van der Waals surface area contributed by atoms with Gasteiger partial charge >= 0.3 is 0 Å². The molecule has 0 spiro atoms. The van der Waals surface area contributed by atoms with Crippen molar-refractivity contribution in [3.8, 4) is 0 Å². The van der Waals surface area contributed by atoms with Gasteiger partial charge < -0.3 is 16.0 Å². The molecule has 200 valence electrons. The highest BCUT2D eigenvalue weighted by atomic mass is 32.2. The Balaban J connectivity index is 1.63. The highest BCUT2D eigenvalue weighted by molar-refractivity contribution is 7.88. The Hall–Kier alpha value is -4.16. The number of hydrogen-bond acceptors (Lipinski definition) is 7. The number of benzene rings is 1. The maximum atomic E-state index is 13.3. The van der Waals surface area contributed by atoms with Gasteiger partial charge in [-0.05, 0) is 53.8 Å². The molecule has 2 heterocycles. The van der Waals surface area contributed by atoms with Crippen LogP contribution in [-0.2, 0) is 38.3 Å². The predicted molar refractivity (Wildman–Crippen MR) is 143 cm³/mol. The summed E-state index contributed by atoms with van der Waals surface area (Å²) in [6.45, 7) is -0.0225. The Morgan fingerprint density at radius 1 is 0.947 bits per heavy atom. The second-order valence-corrected chi connectivity index (χ2v) is 10.5. The fourth-order valence-electron chi connectivity index (χ4n) is 3.67. The molecule has 0 saturated carbocycles. The summed E-state index contributed by atoms with van der Waals surface area (Å²) in [6, 6.07) is 12.6. The van der Waals surface area contributed by atoms with Crippen LogP contribution in [0.1, 0.15) is 28.7 Å². The zero-order chi connectivity index (χ0) is 27.5. The van der Waals surface area contributed by atoms with Crippen LogP contribution in [0.2, 0.25) is 0 Å². The number of carbonyl (C=O) groups is 2. The van der Waals surface area contributed by atoms with E-state index < -0.39 is 27.9 Å². The third kappa shape index (κ3) is 9.05. The summed E-state index contributed by atoms with van der Waals surface area (Å²) in [7, 11) is -2.40. The molecule has 3 rings (SSSR count). The number of rotatable bonds is 13. The molecule has 12 heteroatoms. The van der Waals surface area contributed by atoms with Gasteiger partial charge in [0.2, 0.25) is 21.8 Å². The van der Waals surface area contributed by atoms with Crippen molar-refractivity contribution in [1.82, 2.24) is 24.9 Å². The second kappa shape index (κ2) is 13.4. The molecule has 1 unspecified atom stereocenters. The van der Waals surface area contributed by atoms with E-state index in [4.69, 9.17) is 11.1 Å². The lowest BCUT2D eigenvalue weighted by Gasteiger charge is -2.24. The topological polar surface area (TPSA) is 171 Å². The number of pyridine rings is 2. The van der Waals surface area contributed by atoms with Crippen molar-refractivity contribution in [2.45, 2.75) is 31.2 Å². The first-order valence-corrected chi connectivity index (χ1v) is 13.5. The van der Waals surface area contributed by atoms with Crippen molar-refractivity contribution in [2.75, 3.05) is 13.6 Å². The summed E-state index contributed by atoms with van der Waals surface area (Å²) in [5.41, 5.74) is 8.28. The highest BCUT2D eigenvalue weighted by Gasteiger charge is 2.28. The number of sulfonamides is 1. The lowest BCUT2D eigenvalue weighted by Crippen LogP contribution is -2.50. The van der Waals surface area contributed by atoms with Gasteiger partial charge in [0.1, 0.15) is 11.9 Å². The van der Waals surface area contributed by atoms with Crippen LogP contribution in [0.25, 0.3) is 0 Å². The number of amides is 2. The summed E-state index contributed by atoms with van der Waals surface area (Å²) in [5.74, 6) is -1.26. The van der Waals surface area contributed by atoms with Crippen molar-refractivity contribution in [3.05, 3.63) is 95.6 Å². The summed E-state index contributed by atoms with van der Waals surface area (Å²) in [6.07, 6.45) is 6.90. The normalized spacial score (nSPS) is 11.9. The summed E-state index contributed by atoms with van der Waals surface area (Å²) < 4.78 is 28.3. The molecule has 3 aromatic rings. The van der Waals surface area contributed by atoms with E-state index in [0.29, 0.717) is 17.5 Å². The first kappa shape index (κ1) is 28.4. The Morgan fingerprint density at radius 2 is 1.53 bits per heavy atom. The Kier molecular flexibility index (Phi) is 10.0. The summed E-state index contributed by atoms with van der Waals surface area (Å²) >= 11 is 0. The van der Waals surface area contributed by atoms with E-state index in [2.05, 4.69) is 20.0 Å². The fraction of sp³-hybridized carbons (Fsp3) is 0.269. The van der Waals surface area contributed by atoms with Gasteiger partial charge in [-0.3, -0.25) is 25.0 Å². The summed E-state index contributed by atoms with van der Waals surface area (Å²) in [5, 5.41) is 10.2. The average Bonchev–Trinajstić information content (AvgIpc) is 2.90. The van der Waals surface area contributed by atoms with E-state index in [0.717, 1.165) is 11.1 Å². The molecule has 0 aliphatic carbocycles. The smallest absolute Gasteiger partial charge is 0.240 e. The van der Waals surface area contributed by atoms with Gasteiger partial charge in [0.25, 0.3) is 0 Å². The van der Waals surface area contributed by atoms with E-state index in [1.165, 1.54) is 24.3 Å². The van der Waals surface area contributed by atoms with Crippen LogP contribution >= 0.6 is 0 Å². The molecule has 5 N–H and O–H groups in total. The van der Waals surface area contributed by atoms with Crippen molar-refractivity contribution >= 4 is 27.7 Å². The molecule has 1 aromatic carbocycles. The van der Waals surface area contributed by atoms with Crippen LogP contribution in [0.4, 0.5) is 0 Å². The van der Waals surface area contributed by atoms with Crippen molar-refractivity contribution < 1.29 is 18.0 Å². The van der Waals surface area contributed by atoms with Crippen LogP contribution in [0, 0.1) is 5.41 Å². The van der Waals surface area contributed by atoms with Gasteiger partial charge in [-0.1, -0.05) is 24.3 Å². The lowest BCUT2D eigenvalue weighted by molar-refractivity contribution is -0.136. The molecule has 2 aromatic heterocycles. The molecule has 0 aliphatic rings. The number of carbonyl (C=O) groups excluding carboxylic acids is 2. The largest absolute Gasteiger partial charge is 0.384 e. The molecule has 0 bridgehead atoms. The predicted octanol–water partition coefficient (Wildman–Crippen LogP) is 0.956. The van der Waals surface area contributed by atoms with Crippen molar-refractivity contribution in [1.29, 1.82) is 5.41 Å². The molecule has 1 atom stereocenters. The van der Waals surface area contributed by atoms with Crippen LogP contribution < -0.4 is 15.8 Å². The van der Waals surface area contributed by atoms with Gasteiger partial charge in [-0.2, -0.15) is 0 Å². The number of amidine groups is 1. The summed E-state index contributed by atoms with van der Waals surface area (Å²) in [4.78, 5) is 34.9. The van der Waals surface area contributed by atoms with Crippen LogP contribution in [0.3, 0.4) is 0 Å². The number of nitrogens with zero attached hydrogens (tertiary/aromatic N) is 3. The quantitative estimate of drug-likeness (QED) is 0.186. The number of hydrogen-bond donors (Lipinski definition) is 4. The third-order valence-corrected chi connectivity index (χ3v) is 7.07. The van der Waals surface area contributed by atoms with Crippen molar-refractivity contribution in [2.24, 2.45) is 5.73 Å². The maximum absolute atomic E-state index is 13.3. The fourth-order valence-corrected chi connectivity index (χ4v) is 5.03. The van der Waals surface area contributed by atoms with Gasteiger partial charge in [0.05, 0.1) is 12.3 Å². The van der Waals surface area contributed by atoms with E-state index in [1.54, 1.807) is 60.9 Å². The maximum Gasteiger partial charge on any atom is 0.240 e. The first-order valence-electron chi connectivity index (χ1n) is 11.9. The van der Waals surface area contributed by atoms with Crippen LogP contribution in [0.5, 0.6) is 0 Å².